The van der Waals surface area contributed by atoms with Crippen LogP contribution in [0.1, 0.15) is 30.1 Å². The van der Waals surface area contributed by atoms with Crippen molar-refractivity contribution in [2.45, 2.75) is 19.8 Å². The number of nitrogens with one attached hydrogen (secondary N) is 1. The lowest BCUT2D eigenvalue weighted by molar-refractivity contribution is 0.0939. The van der Waals surface area contributed by atoms with Crippen molar-refractivity contribution >= 4 is 11.6 Å². The molecule has 5 heteroatoms. The Hall–Kier alpha value is -1.62. The van der Waals surface area contributed by atoms with Crippen molar-refractivity contribution in [1.82, 2.24) is 5.32 Å². The molecule has 1 aromatic rings. The molecule has 0 aliphatic heterocycles. The van der Waals surface area contributed by atoms with Crippen LogP contribution in [0.4, 0.5) is 10.1 Å². The first-order valence-corrected chi connectivity index (χ1v) is 6.02. The van der Waals surface area contributed by atoms with Crippen molar-refractivity contribution < 1.29 is 14.3 Å². The summed E-state index contributed by atoms with van der Waals surface area (Å²) < 4.78 is 13.5. The van der Waals surface area contributed by atoms with Gasteiger partial charge in [-0.3, -0.25) is 4.79 Å². The molecule has 0 bridgehead atoms. The Morgan fingerprint density at radius 3 is 2.83 bits per heavy atom. The summed E-state index contributed by atoms with van der Waals surface area (Å²) in [5.74, 6) is -0.873. The van der Waals surface area contributed by atoms with Crippen LogP contribution < -0.4 is 11.1 Å². The van der Waals surface area contributed by atoms with E-state index in [-0.39, 0.29) is 23.8 Å². The van der Waals surface area contributed by atoms with Gasteiger partial charge in [0, 0.05) is 18.8 Å². The summed E-state index contributed by atoms with van der Waals surface area (Å²) in [4.78, 5) is 11.7. The summed E-state index contributed by atoms with van der Waals surface area (Å²) in [6.45, 7) is 2.50. The zero-order valence-corrected chi connectivity index (χ0v) is 10.4. The van der Waals surface area contributed by atoms with Gasteiger partial charge in [-0.05, 0) is 30.5 Å². The third kappa shape index (κ3) is 4.00. The molecule has 1 rings (SSSR count). The number of aliphatic hydroxyl groups is 1. The number of carbonyl (C=O) groups excluding carboxylic acids is 1. The van der Waals surface area contributed by atoms with Crippen LogP contribution >= 0.6 is 0 Å². The van der Waals surface area contributed by atoms with Gasteiger partial charge >= 0.3 is 0 Å². The summed E-state index contributed by atoms with van der Waals surface area (Å²) in [6, 6.07) is 3.98. The number of rotatable bonds is 6. The Labute approximate surface area is 106 Å². The largest absolute Gasteiger partial charge is 0.399 e. The number of amides is 1. The molecule has 1 aromatic carbocycles. The van der Waals surface area contributed by atoms with Crippen molar-refractivity contribution in [1.29, 1.82) is 0 Å². The minimum Gasteiger partial charge on any atom is -0.399 e. The molecule has 0 saturated heterocycles. The molecule has 100 valence electrons. The SMILES string of the molecule is CCC(CCO)CNC(=O)c1ccc(N)cc1F. The third-order valence-corrected chi connectivity index (χ3v) is 2.90. The predicted octanol–water partition coefficient (Wildman–Crippen LogP) is 1.55. The number of hydrogen-bond donors (Lipinski definition) is 3. The topological polar surface area (TPSA) is 75.3 Å². The fourth-order valence-corrected chi connectivity index (χ4v) is 1.68. The van der Waals surface area contributed by atoms with Crippen molar-refractivity contribution in [3.8, 4) is 0 Å². The van der Waals surface area contributed by atoms with Gasteiger partial charge in [-0.25, -0.2) is 4.39 Å². The molecule has 0 saturated carbocycles. The maximum absolute atomic E-state index is 13.5. The maximum Gasteiger partial charge on any atom is 0.254 e. The molecule has 1 atom stereocenters. The summed E-state index contributed by atoms with van der Waals surface area (Å²) in [5, 5.41) is 11.5. The van der Waals surface area contributed by atoms with E-state index in [0.29, 0.717) is 13.0 Å². The molecule has 18 heavy (non-hydrogen) atoms. The van der Waals surface area contributed by atoms with Gasteiger partial charge < -0.3 is 16.2 Å². The Balaban J connectivity index is 2.59. The summed E-state index contributed by atoms with van der Waals surface area (Å²) in [5.41, 5.74) is 5.69. The van der Waals surface area contributed by atoms with Crippen LogP contribution in [0.15, 0.2) is 18.2 Å². The smallest absolute Gasteiger partial charge is 0.254 e. The van der Waals surface area contributed by atoms with Gasteiger partial charge in [0.25, 0.3) is 5.91 Å². The summed E-state index contributed by atoms with van der Waals surface area (Å²) >= 11 is 0. The van der Waals surface area contributed by atoms with E-state index >= 15 is 0 Å². The maximum atomic E-state index is 13.5. The Kier molecular flexibility index (Phi) is 5.58. The van der Waals surface area contributed by atoms with Crippen LogP contribution in [-0.2, 0) is 0 Å². The molecule has 0 aliphatic rings. The number of nitrogen functional groups attached to an aromatic ring is 1. The van der Waals surface area contributed by atoms with Gasteiger partial charge in [-0.2, -0.15) is 0 Å². The molecule has 0 aromatic heterocycles. The van der Waals surface area contributed by atoms with Crippen LogP contribution in [-0.4, -0.2) is 24.2 Å². The highest BCUT2D eigenvalue weighted by atomic mass is 19.1. The Bertz CT molecular complexity index is 410. The zero-order chi connectivity index (χ0) is 13.5. The molecule has 0 radical (unpaired) electrons. The fourth-order valence-electron chi connectivity index (χ4n) is 1.68. The highest BCUT2D eigenvalue weighted by Crippen LogP contribution is 2.12. The first-order valence-electron chi connectivity index (χ1n) is 6.02. The fraction of sp³-hybridized carbons (Fsp3) is 0.462. The standard InChI is InChI=1S/C13H19FN2O2/c1-2-9(5-6-17)8-16-13(18)11-4-3-10(15)7-12(11)14/h3-4,7,9,17H,2,5-6,8,15H2,1H3,(H,16,18). The van der Waals surface area contributed by atoms with E-state index in [1.54, 1.807) is 0 Å². The van der Waals surface area contributed by atoms with E-state index in [9.17, 15) is 9.18 Å². The number of hydrogen-bond acceptors (Lipinski definition) is 3. The number of nitrogens with two attached hydrogens (primary N) is 1. The van der Waals surface area contributed by atoms with Gasteiger partial charge in [-0.15, -0.1) is 0 Å². The van der Waals surface area contributed by atoms with Crippen LogP contribution in [0.2, 0.25) is 0 Å². The monoisotopic (exact) mass is 254 g/mol. The van der Waals surface area contributed by atoms with E-state index in [0.717, 1.165) is 12.5 Å². The average Bonchev–Trinajstić information content (AvgIpc) is 2.34. The number of aliphatic hydroxyl groups excluding tert-OH is 1. The third-order valence-electron chi connectivity index (χ3n) is 2.90. The molecular formula is C13H19FN2O2. The van der Waals surface area contributed by atoms with Crippen molar-refractivity contribution in [2.75, 3.05) is 18.9 Å². The first-order chi connectivity index (χ1) is 8.58. The summed E-state index contributed by atoms with van der Waals surface area (Å²) in [6.07, 6.45) is 1.48. The molecule has 4 nitrogen and oxygen atoms in total. The minimum atomic E-state index is -0.622. The van der Waals surface area contributed by atoms with Gasteiger partial charge in [-0.1, -0.05) is 13.3 Å². The summed E-state index contributed by atoms with van der Waals surface area (Å²) in [7, 11) is 0. The minimum absolute atomic E-state index is 0.0111. The van der Waals surface area contributed by atoms with E-state index in [1.165, 1.54) is 12.1 Å². The lowest BCUT2D eigenvalue weighted by Crippen LogP contribution is -2.30. The van der Waals surface area contributed by atoms with E-state index in [4.69, 9.17) is 10.8 Å². The molecule has 1 unspecified atom stereocenters. The van der Waals surface area contributed by atoms with Crippen LogP contribution in [0.25, 0.3) is 0 Å². The lowest BCUT2D eigenvalue weighted by atomic mass is 10.0. The van der Waals surface area contributed by atoms with Crippen molar-refractivity contribution in [3.63, 3.8) is 0 Å². The number of halogens is 1. The quantitative estimate of drug-likeness (QED) is 0.674. The van der Waals surface area contributed by atoms with Crippen LogP contribution in [0.3, 0.4) is 0 Å². The van der Waals surface area contributed by atoms with E-state index in [1.807, 2.05) is 6.92 Å². The Morgan fingerprint density at radius 1 is 1.56 bits per heavy atom. The number of anilines is 1. The molecule has 0 spiro atoms. The van der Waals surface area contributed by atoms with Gasteiger partial charge in [0.2, 0.25) is 0 Å². The molecule has 0 aliphatic carbocycles. The number of carbonyl (C=O) groups is 1. The molecule has 0 fully saturated rings. The second-order valence-corrected chi connectivity index (χ2v) is 4.24. The lowest BCUT2D eigenvalue weighted by Gasteiger charge is -2.14. The molecule has 1 amide bonds. The second kappa shape index (κ2) is 6.96. The first kappa shape index (κ1) is 14.4. The van der Waals surface area contributed by atoms with Gasteiger partial charge in [0.05, 0.1) is 5.56 Å². The van der Waals surface area contributed by atoms with Gasteiger partial charge in [0.15, 0.2) is 0 Å². The van der Waals surface area contributed by atoms with Crippen LogP contribution in [0.5, 0.6) is 0 Å². The van der Waals surface area contributed by atoms with E-state index in [2.05, 4.69) is 5.32 Å². The molecular weight excluding hydrogens is 235 g/mol. The highest BCUT2D eigenvalue weighted by Gasteiger charge is 2.13. The van der Waals surface area contributed by atoms with Crippen molar-refractivity contribution in [3.05, 3.63) is 29.6 Å². The van der Waals surface area contributed by atoms with Crippen LogP contribution in [0, 0.1) is 11.7 Å². The highest BCUT2D eigenvalue weighted by molar-refractivity contribution is 5.94. The second-order valence-electron chi connectivity index (χ2n) is 4.24. The zero-order valence-electron chi connectivity index (χ0n) is 10.4. The molecule has 4 N–H and O–H groups in total. The average molecular weight is 254 g/mol. The predicted molar refractivity (Wildman–Crippen MR) is 68.6 cm³/mol. The van der Waals surface area contributed by atoms with E-state index < -0.39 is 11.7 Å². The number of benzene rings is 1. The van der Waals surface area contributed by atoms with Gasteiger partial charge in [0.1, 0.15) is 5.82 Å². The van der Waals surface area contributed by atoms with Crippen molar-refractivity contribution in [2.24, 2.45) is 5.92 Å². The Morgan fingerprint density at radius 2 is 2.28 bits per heavy atom. The molecule has 0 heterocycles. The normalized spacial score (nSPS) is 12.2.